The van der Waals surface area contributed by atoms with Gasteiger partial charge in [-0.25, -0.2) is 9.18 Å². The molecule has 9 nitrogen and oxygen atoms in total. The van der Waals surface area contributed by atoms with Crippen molar-refractivity contribution in [2.75, 3.05) is 13.7 Å². The number of halogens is 1. The van der Waals surface area contributed by atoms with Crippen LogP contribution >= 0.6 is 0 Å². The maximum atomic E-state index is 13.3. The third kappa shape index (κ3) is 6.21. The number of carbonyl (C=O) groups excluding carboxylic acids is 3. The van der Waals surface area contributed by atoms with Crippen molar-refractivity contribution in [3.05, 3.63) is 65.6 Å². The van der Waals surface area contributed by atoms with E-state index < -0.39 is 35.3 Å². The molecule has 10 heteroatoms. The van der Waals surface area contributed by atoms with Crippen LogP contribution in [0.4, 0.5) is 4.39 Å². The van der Waals surface area contributed by atoms with E-state index in [2.05, 4.69) is 20.5 Å². The Morgan fingerprint density at radius 1 is 1.11 bits per heavy atom. The van der Waals surface area contributed by atoms with Crippen LogP contribution in [0.5, 0.6) is 0 Å². The molecule has 2 amide bonds. The third-order valence-electron chi connectivity index (χ3n) is 5.47. The summed E-state index contributed by atoms with van der Waals surface area (Å²) in [5, 5.41) is 20.1. The molecule has 1 heterocycles. The molecule has 0 saturated heterocycles. The third-order valence-corrected chi connectivity index (χ3v) is 5.47. The molecule has 2 aromatic carbocycles. The first-order valence-electron chi connectivity index (χ1n) is 11.1. The van der Waals surface area contributed by atoms with Crippen LogP contribution < -0.4 is 10.6 Å². The molecule has 3 N–H and O–H groups in total. The van der Waals surface area contributed by atoms with Crippen LogP contribution in [0.15, 0.2) is 48.5 Å². The quantitative estimate of drug-likeness (QED) is 0.421. The summed E-state index contributed by atoms with van der Waals surface area (Å²) >= 11 is 0. The van der Waals surface area contributed by atoms with Crippen LogP contribution in [-0.4, -0.2) is 58.5 Å². The Bertz CT molecular complexity index is 1220. The Morgan fingerprint density at radius 2 is 1.77 bits per heavy atom. The number of fused-ring (bicyclic) bond motifs is 1. The number of ether oxygens (including phenoxy) is 1. The molecule has 0 aliphatic heterocycles. The van der Waals surface area contributed by atoms with E-state index in [0.717, 1.165) is 12.7 Å². The second-order valence-electron chi connectivity index (χ2n) is 9.21. The molecule has 0 radical (unpaired) electrons. The van der Waals surface area contributed by atoms with E-state index in [9.17, 15) is 23.9 Å². The minimum Gasteiger partial charge on any atom is -0.467 e. The van der Waals surface area contributed by atoms with E-state index in [0.29, 0.717) is 17.4 Å². The van der Waals surface area contributed by atoms with Crippen LogP contribution in [-0.2, 0) is 20.9 Å². The zero-order valence-corrected chi connectivity index (χ0v) is 20.0. The number of para-hydroxylation sites is 1. The standard InChI is InChI=1S/C25H29FN4O5/c1-25(2,3)21(23(33)27-13-19(31)24(34)35-4)28-22(32)20-17-7-5-6-8-18(17)30(29-20)14-15-9-11-16(26)12-10-15/h5-12,19,21,31H,13-14H2,1-4H3,(H,27,33)(H,28,32)/t19-,21+/m0/s1. The fourth-order valence-corrected chi connectivity index (χ4v) is 3.57. The van der Waals surface area contributed by atoms with Crippen LogP contribution in [0.2, 0.25) is 0 Å². The molecule has 2 atom stereocenters. The highest BCUT2D eigenvalue weighted by atomic mass is 19.1. The number of hydrogen-bond acceptors (Lipinski definition) is 6. The van der Waals surface area contributed by atoms with Gasteiger partial charge < -0.3 is 20.5 Å². The SMILES string of the molecule is COC(=O)[C@@H](O)CNC(=O)[C@@H](NC(=O)c1nn(Cc2ccc(F)cc2)c2ccccc12)C(C)(C)C. The summed E-state index contributed by atoms with van der Waals surface area (Å²) in [7, 11) is 1.13. The highest BCUT2D eigenvalue weighted by Gasteiger charge is 2.34. The van der Waals surface area contributed by atoms with Gasteiger partial charge in [-0.05, 0) is 29.2 Å². The van der Waals surface area contributed by atoms with Gasteiger partial charge in [0.25, 0.3) is 5.91 Å². The predicted octanol–water partition coefficient (Wildman–Crippen LogP) is 2.02. The molecule has 3 aromatic rings. The number of rotatable bonds is 8. The van der Waals surface area contributed by atoms with Gasteiger partial charge in [0.1, 0.15) is 11.9 Å². The first-order chi connectivity index (χ1) is 16.5. The number of aromatic nitrogens is 2. The lowest BCUT2D eigenvalue weighted by atomic mass is 9.86. The van der Waals surface area contributed by atoms with Crippen molar-refractivity contribution < 1.29 is 28.6 Å². The number of nitrogens with one attached hydrogen (secondary N) is 2. The Kier molecular flexibility index (Phi) is 7.85. The van der Waals surface area contributed by atoms with Gasteiger partial charge in [-0.3, -0.25) is 14.3 Å². The van der Waals surface area contributed by atoms with Crippen LogP contribution in [0.25, 0.3) is 10.9 Å². The number of nitrogens with zero attached hydrogens (tertiary/aromatic N) is 2. The van der Waals surface area contributed by atoms with E-state index in [-0.39, 0.29) is 18.1 Å². The number of hydrogen-bond donors (Lipinski definition) is 3. The number of amides is 2. The Morgan fingerprint density at radius 3 is 2.40 bits per heavy atom. The summed E-state index contributed by atoms with van der Waals surface area (Å²) in [6.45, 7) is 5.30. The van der Waals surface area contributed by atoms with E-state index in [1.807, 2.05) is 12.1 Å². The van der Waals surface area contributed by atoms with Gasteiger partial charge in [-0.2, -0.15) is 5.10 Å². The van der Waals surface area contributed by atoms with Gasteiger partial charge in [0.2, 0.25) is 5.91 Å². The van der Waals surface area contributed by atoms with Gasteiger partial charge in [-0.15, -0.1) is 0 Å². The average molecular weight is 485 g/mol. The normalized spacial score (nSPS) is 13.2. The monoisotopic (exact) mass is 484 g/mol. The summed E-state index contributed by atoms with van der Waals surface area (Å²) in [5.74, 6) is -2.34. The van der Waals surface area contributed by atoms with Crippen molar-refractivity contribution >= 4 is 28.7 Å². The smallest absolute Gasteiger partial charge is 0.336 e. The molecule has 0 fully saturated rings. The molecule has 0 aliphatic carbocycles. The maximum absolute atomic E-state index is 13.3. The summed E-state index contributed by atoms with van der Waals surface area (Å²) in [4.78, 5) is 37.6. The van der Waals surface area contributed by atoms with Crippen molar-refractivity contribution in [2.45, 2.75) is 39.5 Å². The lowest BCUT2D eigenvalue weighted by Gasteiger charge is -2.30. The molecule has 0 bridgehead atoms. The molecule has 0 saturated carbocycles. The fourth-order valence-electron chi connectivity index (χ4n) is 3.57. The Balaban J connectivity index is 1.84. The number of esters is 1. The van der Waals surface area contributed by atoms with E-state index in [4.69, 9.17) is 0 Å². The number of carbonyl (C=O) groups is 3. The van der Waals surface area contributed by atoms with Gasteiger partial charge in [0.05, 0.1) is 25.7 Å². The minimum absolute atomic E-state index is 0.138. The van der Waals surface area contributed by atoms with Crippen molar-refractivity contribution in [3.8, 4) is 0 Å². The Hall–Kier alpha value is -3.79. The minimum atomic E-state index is -1.52. The number of aliphatic hydroxyl groups is 1. The van der Waals surface area contributed by atoms with Gasteiger partial charge in [0, 0.05) is 5.39 Å². The molecule has 35 heavy (non-hydrogen) atoms. The van der Waals surface area contributed by atoms with Crippen molar-refractivity contribution in [1.82, 2.24) is 20.4 Å². The average Bonchev–Trinajstić information content (AvgIpc) is 3.19. The lowest BCUT2D eigenvalue weighted by molar-refractivity contribution is -0.150. The molecular weight excluding hydrogens is 455 g/mol. The van der Waals surface area contributed by atoms with Gasteiger partial charge in [-0.1, -0.05) is 51.1 Å². The highest BCUT2D eigenvalue weighted by molar-refractivity contribution is 6.06. The molecule has 1 aromatic heterocycles. The number of methoxy groups -OCH3 is 1. The predicted molar refractivity (Wildman–Crippen MR) is 127 cm³/mol. The lowest BCUT2D eigenvalue weighted by Crippen LogP contribution is -2.55. The molecule has 0 unspecified atom stereocenters. The second-order valence-corrected chi connectivity index (χ2v) is 9.21. The zero-order valence-electron chi connectivity index (χ0n) is 20.0. The van der Waals surface area contributed by atoms with E-state index in [1.165, 1.54) is 12.1 Å². The van der Waals surface area contributed by atoms with Gasteiger partial charge >= 0.3 is 5.97 Å². The second kappa shape index (κ2) is 10.6. The van der Waals surface area contributed by atoms with Gasteiger partial charge in [0.15, 0.2) is 11.8 Å². The van der Waals surface area contributed by atoms with Crippen LogP contribution in [0.3, 0.4) is 0 Å². The summed E-state index contributed by atoms with van der Waals surface area (Å²) in [6.07, 6.45) is -1.52. The molecule has 0 spiro atoms. The van der Waals surface area contributed by atoms with Crippen molar-refractivity contribution in [2.24, 2.45) is 5.41 Å². The summed E-state index contributed by atoms with van der Waals surface area (Å²) < 4.78 is 19.4. The van der Waals surface area contributed by atoms with E-state index >= 15 is 0 Å². The molecular formula is C25H29FN4O5. The Labute approximate surface area is 202 Å². The number of aliphatic hydroxyl groups excluding tert-OH is 1. The van der Waals surface area contributed by atoms with Crippen molar-refractivity contribution in [3.63, 3.8) is 0 Å². The summed E-state index contributed by atoms with van der Waals surface area (Å²) in [5.41, 5.74) is 0.963. The zero-order chi connectivity index (χ0) is 25.8. The van der Waals surface area contributed by atoms with Crippen molar-refractivity contribution in [1.29, 1.82) is 0 Å². The van der Waals surface area contributed by atoms with Crippen LogP contribution in [0, 0.1) is 11.2 Å². The first kappa shape index (κ1) is 25.8. The highest BCUT2D eigenvalue weighted by Crippen LogP contribution is 2.23. The fraction of sp³-hybridized carbons (Fsp3) is 0.360. The summed E-state index contributed by atoms with van der Waals surface area (Å²) in [6, 6.07) is 12.2. The number of benzene rings is 2. The molecule has 186 valence electrons. The largest absolute Gasteiger partial charge is 0.467 e. The molecule has 0 aliphatic rings. The first-order valence-corrected chi connectivity index (χ1v) is 11.1. The molecule has 3 rings (SSSR count). The topological polar surface area (TPSA) is 123 Å². The maximum Gasteiger partial charge on any atom is 0.336 e. The van der Waals surface area contributed by atoms with E-state index in [1.54, 1.807) is 49.7 Å². The van der Waals surface area contributed by atoms with Crippen LogP contribution in [0.1, 0.15) is 36.8 Å².